The van der Waals surface area contributed by atoms with E-state index in [2.05, 4.69) is 20.8 Å². The number of halogens is 1. The zero-order valence-corrected chi connectivity index (χ0v) is 14.4. The summed E-state index contributed by atoms with van der Waals surface area (Å²) in [4.78, 5) is 2.58. The number of nitrogens with zero attached hydrogens (tertiary/aromatic N) is 2. The van der Waals surface area contributed by atoms with Crippen LogP contribution in [0.3, 0.4) is 0 Å². The van der Waals surface area contributed by atoms with Crippen LogP contribution in [0.2, 0.25) is 0 Å². The maximum Gasteiger partial charge on any atom is 0.243 e. The molecule has 6 heteroatoms. The molecule has 4 nitrogen and oxygen atoms in total. The fourth-order valence-electron chi connectivity index (χ4n) is 2.58. The highest BCUT2D eigenvalue weighted by molar-refractivity contribution is 9.10. The Morgan fingerprint density at radius 2 is 1.41 bits per heavy atom. The van der Waals surface area contributed by atoms with Crippen LogP contribution in [0.15, 0.2) is 64.0 Å². The molecule has 2 aromatic carbocycles. The Bertz CT molecular complexity index is 725. The number of piperazine rings is 1. The second-order valence-corrected chi connectivity index (χ2v) is 8.03. The van der Waals surface area contributed by atoms with Gasteiger partial charge in [-0.25, -0.2) is 8.42 Å². The first kappa shape index (κ1) is 15.5. The Balaban J connectivity index is 1.70. The number of sulfonamides is 1. The lowest BCUT2D eigenvalue weighted by molar-refractivity contribution is 0.385. The monoisotopic (exact) mass is 380 g/mol. The molecule has 0 spiro atoms. The smallest absolute Gasteiger partial charge is 0.243 e. The highest BCUT2D eigenvalue weighted by Crippen LogP contribution is 2.22. The SMILES string of the molecule is O=S(=O)(c1ccccc1)N1CCN(c2ccc(Br)cc2)CC1. The largest absolute Gasteiger partial charge is 0.369 e. The molecule has 0 aliphatic carbocycles. The van der Waals surface area contributed by atoms with Crippen LogP contribution < -0.4 is 4.90 Å². The van der Waals surface area contributed by atoms with Crippen molar-refractivity contribution in [2.45, 2.75) is 4.90 Å². The molecule has 1 saturated heterocycles. The Kier molecular flexibility index (Phi) is 4.52. The van der Waals surface area contributed by atoms with Gasteiger partial charge in [0.25, 0.3) is 0 Å². The van der Waals surface area contributed by atoms with E-state index in [1.807, 2.05) is 30.3 Å². The molecule has 0 saturated carbocycles. The summed E-state index contributed by atoms with van der Waals surface area (Å²) in [7, 11) is -3.38. The van der Waals surface area contributed by atoms with Crippen molar-refractivity contribution in [1.82, 2.24) is 4.31 Å². The molecule has 0 bridgehead atoms. The van der Waals surface area contributed by atoms with E-state index in [9.17, 15) is 8.42 Å². The molecule has 116 valence electrons. The second kappa shape index (κ2) is 6.40. The van der Waals surface area contributed by atoms with Gasteiger partial charge in [-0.1, -0.05) is 34.1 Å². The van der Waals surface area contributed by atoms with Gasteiger partial charge in [0, 0.05) is 36.3 Å². The van der Waals surface area contributed by atoms with Gasteiger partial charge in [-0.05, 0) is 36.4 Å². The normalized spacial score (nSPS) is 16.7. The lowest BCUT2D eigenvalue weighted by Gasteiger charge is -2.35. The number of hydrogen-bond acceptors (Lipinski definition) is 3. The first-order valence-electron chi connectivity index (χ1n) is 7.13. The van der Waals surface area contributed by atoms with Gasteiger partial charge in [0.2, 0.25) is 10.0 Å². The fraction of sp³-hybridized carbons (Fsp3) is 0.250. The molecule has 0 atom stereocenters. The van der Waals surface area contributed by atoms with Crippen molar-refractivity contribution in [2.75, 3.05) is 31.1 Å². The van der Waals surface area contributed by atoms with Crippen molar-refractivity contribution >= 4 is 31.6 Å². The standard InChI is InChI=1S/C16H17BrN2O2S/c17-14-6-8-15(9-7-14)18-10-12-19(13-11-18)22(20,21)16-4-2-1-3-5-16/h1-9H,10-13H2. The van der Waals surface area contributed by atoms with Gasteiger partial charge in [0.05, 0.1) is 4.90 Å². The van der Waals surface area contributed by atoms with Crippen LogP contribution in [0.1, 0.15) is 0 Å². The van der Waals surface area contributed by atoms with Crippen molar-refractivity contribution in [2.24, 2.45) is 0 Å². The number of benzene rings is 2. The van der Waals surface area contributed by atoms with Gasteiger partial charge >= 0.3 is 0 Å². The second-order valence-electron chi connectivity index (χ2n) is 5.18. The highest BCUT2D eigenvalue weighted by atomic mass is 79.9. The minimum Gasteiger partial charge on any atom is -0.369 e. The van der Waals surface area contributed by atoms with Gasteiger partial charge in [0.1, 0.15) is 0 Å². The zero-order valence-electron chi connectivity index (χ0n) is 12.0. The average Bonchev–Trinajstić information content (AvgIpc) is 2.56. The van der Waals surface area contributed by atoms with Crippen LogP contribution in [0, 0.1) is 0 Å². The third-order valence-corrected chi connectivity index (χ3v) is 6.25. The third-order valence-electron chi connectivity index (χ3n) is 3.81. The zero-order chi connectivity index (χ0) is 15.6. The summed E-state index contributed by atoms with van der Waals surface area (Å²) in [5, 5.41) is 0. The van der Waals surface area contributed by atoms with E-state index in [0.29, 0.717) is 31.1 Å². The van der Waals surface area contributed by atoms with Gasteiger partial charge < -0.3 is 4.90 Å². The predicted molar refractivity (Wildman–Crippen MR) is 91.6 cm³/mol. The molecular weight excluding hydrogens is 364 g/mol. The van der Waals surface area contributed by atoms with Crippen LogP contribution in [0.5, 0.6) is 0 Å². The van der Waals surface area contributed by atoms with Gasteiger partial charge in [-0.2, -0.15) is 4.31 Å². The highest BCUT2D eigenvalue weighted by Gasteiger charge is 2.28. The topological polar surface area (TPSA) is 40.6 Å². The van der Waals surface area contributed by atoms with E-state index in [1.54, 1.807) is 28.6 Å². The van der Waals surface area contributed by atoms with E-state index in [-0.39, 0.29) is 0 Å². The molecular formula is C16H17BrN2O2S. The summed E-state index contributed by atoms with van der Waals surface area (Å²) in [6.07, 6.45) is 0. The summed E-state index contributed by atoms with van der Waals surface area (Å²) in [6.45, 7) is 2.42. The van der Waals surface area contributed by atoms with E-state index in [0.717, 1.165) is 10.2 Å². The predicted octanol–water partition coefficient (Wildman–Crippen LogP) is 2.96. The maximum absolute atomic E-state index is 12.6. The average molecular weight is 381 g/mol. The van der Waals surface area contributed by atoms with Gasteiger partial charge in [0.15, 0.2) is 0 Å². The molecule has 0 amide bonds. The molecule has 1 aliphatic heterocycles. The molecule has 0 aromatic heterocycles. The number of rotatable bonds is 3. The molecule has 22 heavy (non-hydrogen) atoms. The van der Waals surface area contributed by atoms with Crippen LogP contribution in [-0.4, -0.2) is 38.9 Å². The van der Waals surface area contributed by atoms with E-state index in [1.165, 1.54) is 0 Å². The lowest BCUT2D eigenvalue weighted by atomic mass is 10.2. The Hall–Kier alpha value is -1.37. The molecule has 2 aromatic rings. The van der Waals surface area contributed by atoms with E-state index in [4.69, 9.17) is 0 Å². The quantitative estimate of drug-likeness (QED) is 0.821. The van der Waals surface area contributed by atoms with Crippen LogP contribution in [0.25, 0.3) is 0 Å². The molecule has 1 fully saturated rings. The fourth-order valence-corrected chi connectivity index (χ4v) is 4.29. The van der Waals surface area contributed by atoms with Crippen molar-refractivity contribution < 1.29 is 8.42 Å². The molecule has 0 N–H and O–H groups in total. The summed E-state index contributed by atoms with van der Waals surface area (Å²) in [6, 6.07) is 16.7. The summed E-state index contributed by atoms with van der Waals surface area (Å²) >= 11 is 3.42. The van der Waals surface area contributed by atoms with Crippen LogP contribution in [0.4, 0.5) is 5.69 Å². The Morgan fingerprint density at radius 1 is 0.818 bits per heavy atom. The summed E-state index contributed by atoms with van der Waals surface area (Å²) < 4.78 is 27.8. The molecule has 0 unspecified atom stereocenters. The first-order chi connectivity index (χ1) is 10.6. The Labute approximate surface area is 139 Å². The summed E-state index contributed by atoms with van der Waals surface area (Å²) in [5.41, 5.74) is 1.12. The van der Waals surface area contributed by atoms with E-state index >= 15 is 0 Å². The maximum atomic E-state index is 12.6. The van der Waals surface area contributed by atoms with Crippen molar-refractivity contribution in [3.8, 4) is 0 Å². The van der Waals surface area contributed by atoms with Crippen molar-refractivity contribution in [3.63, 3.8) is 0 Å². The van der Waals surface area contributed by atoms with Crippen molar-refractivity contribution in [3.05, 3.63) is 59.1 Å². The minimum absolute atomic E-state index is 0.368. The van der Waals surface area contributed by atoms with Crippen LogP contribution >= 0.6 is 15.9 Å². The molecule has 1 aliphatic rings. The van der Waals surface area contributed by atoms with Gasteiger partial charge in [-0.3, -0.25) is 0 Å². The number of anilines is 1. The van der Waals surface area contributed by atoms with Crippen molar-refractivity contribution in [1.29, 1.82) is 0 Å². The van der Waals surface area contributed by atoms with Crippen LogP contribution in [-0.2, 0) is 10.0 Å². The molecule has 0 radical (unpaired) electrons. The third kappa shape index (κ3) is 3.19. The summed E-state index contributed by atoms with van der Waals surface area (Å²) in [5.74, 6) is 0. The minimum atomic E-state index is -3.38. The van der Waals surface area contributed by atoms with E-state index < -0.39 is 10.0 Å². The lowest BCUT2D eigenvalue weighted by Crippen LogP contribution is -2.48. The van der Waals surface area contributed by atoms with Gasteiger partial charge in [-0.15, -0.1) is 0 Å². The molecule has 3 rings (SSSR count). The Morgan fingerprint density at radius 3 is 2.00 bits per heavy atom. The first-order valence-corrected chi connectivity index (χ1v) is 9.36. The molecule has 1 heterocycles. The number of hydrogen-bond donors (Lipinski definition) is 0.